The molecular weight excluding hydrogens is 296 g/mol. The summed E-state index contributed by atoms with van der Waals surface area (Å²) >= 11 is 5.64. The Morgan fingerprint density at radius 1 is 1.35 bits per heavy atom. The SMILES string of the molecule is CC1CCC(C(Br)c2csc3ccccc23)O1. The monoisotopic (exact) mass is 310 g/mol. The lowest BCUT2D eigenvalue weighted by molar-refractivity contribution is 0.0559. The molecule has 0 aliphatic carbocycles. The first-order valence-corrected chi connectivity index (χ1v) is 7.81. The van der Waals surface area contributed by atoms with Gasteiger partial charge in [0.1, 0.15) is 0 Å². The van der Waals surface area contributed by atoms with Gasteiger partial charge in [0.2, 0.25) is 0 Å². The number of alkyl halides is 1. The summed E-state index contributed by atoms with van der Waals surface area (Å²) in [7, 11) is 0. The standard InChI is InChI=1S/C14H15BrOS/c1-9-6-7-12(16-9)14(15)11-8-17-13-5-3-2-4-10(11)13/h2-5,8-9,12,14H,6-7H2,1H3. The van der Waals surface area contributed by atoms with Gasteiger partial charge in [0.25, 0.3) is 0 Å². The molecule has 0 radical (unpaired) electrons. The number of fused-ring (bicyclic) bond motifs is 1. The second-order valence-corrected chi connectivity index (χ2v) is 6.55. The summed E-state index contributed by atoms with van der Waals surface area (Å²) in [4.78, 5) is 0.323. The van der Waals surface area contributed by atoms with Crippen molar-refractivity contribution in [3.05, 3.63) is 35.2 Å². The Morgan fingerprint density at radius 2 is 2.18 bits per heavy atom. The van der Waals surface area contributed by atoms with E-state index < -0.39 is 0 Å². The average molecular weight is 311 g/mol. The van der Waals surface area contributed by atoms with Crippen molar-refractivity contribution in [3.63, 3.8) is 0 Å². The van der Waals surface area contributed by atoms with Gasteiger partial charge in [-0.1, -0.05) is 34.1 Å². The summed E-state index contributed by atoms with van der Waals surface area (Å²) < 4.78 is 7.31. The summed E-state index contributed by atoms with van der Waals surface area (Å²) in [5.74, 6) is 0. The summed E-state index contributed by atoms with van der Waals surface area (Å²) in [5, 5.41) is 3.62. The van der Waals surface area contributed by atoms with E-state index in [2.05, 4.69) is 52.5 Å². The fraction of sp³-hybridized carbons (Fsp3) is 0.429. The number of halogens is 1. The lowest BCUT2D eigenvalue weighted by Crippen LogP contribution is -2.13. The molecule has 17 heavy (non-hydrogen) atoms. The van der Waals surface area contributed by atoms with Gasteiger partial charge in [-0.15, -0.1) is 11.3 Å². The normalized spacial score (nSPS) is 26.5. The summed E-state index contributed by atoms with van der Waals surface area (Å²) in [6, 6.07) is 8.59. The lowest BCUT2D eigenvalue weighted by Gasteiger charge is -2.17. The Labute approximate surface area is 114 Å². The predicted molar refractivity (Wildman–Crippen MR) is 77.1 cm³/mol. The molecule has 1 aliphatic heterocycles. The fourth-order valence-electron chi connectivity index (χ4n) is 2.46. The van der Waals surface area contributed by atoms with E-state index in [4.69, 9.17) is 4.74 Å². The van der Waals surface area contributed by atoms with E-state index in [1.54, 1.807) is 0 Å². The van der Waals surface area contributed by atoms with E-state index in [9.17, 15) is 0 Å². The molecule has 0 spiro atoms. The van der Waals surface area contributed by atoms with E-state index in [1.165, 1.54) is 22.1 Å². The Kier molecular flexibility index (Phi) is 3.24. The molecule has 3 heteroatoms. The molecule has 2 heterocycles. The molecule has 90 valence electrons. The van der Waals surface area contributed by atoms with Gasteiger partial charge in [0.05, 0.1) is 17.0 Å². The highest BCUT2D eigenvalue weighted by Crippen LogP contribution is 2.41. The molecule has 1 fully saturated rings. The van der Waals surface area contributed by atoms with Crippen LogP contribution >= 0.6 is 27.3 Å². The van der Waals surface area contributed by atoms with Crippen LogP contribution in [-0.2, 0) is 4.74 Å². The number of hydrogen-bond acceptors (Lipinski definition) is 2. The van der Waals surface area contributed by atoms with E-state index in [0.717, 1.165) is 6.42 Å². The molecule has 1 nitrogen and oxygen atoms in total. The Hall–Kier alpha value is -0.380. The molecular formula is C14H15BrOS. The van der Waals surface area contributed by atoms with Crippen LogP contribution in [0.4, 0.5) is 0 Å². The van der Waals surface area contributed by atoms with Crippen LogP contribution in [0.5, 0.6) is 0 Å². The van der Waals surface area contributed by atoms with Crippen molar-refractivity contribution < 1.29 is 4.74 Å². The van der Waals surface area contributed by atoms with Gasteiger partial charge in [0.15, 0.2) is 0 Å². The van der Waals surface area contributed by atoms with Crippen LogP contribution < -0.4 is 0 Å². The molecule has 2 aromatic rings. The zero-order chi connectivity index (χ0) is 11.8. The summed E-state index contributed by atoms with van der Waals surface area (Å²) in [6.07, 6.45) is 3.06. The van der Waals surface area contributed by atoms with Gasteiger partial charge in [-0.3, -0.25) is 0 Å². The zero-order valence-corrected chi connectivity index (χ0v) is 12.1. The third kappa shape index (κ3) is 2.16. The maximum atomic E-state index is 5.95. The first-order valence-electron chi connectivity index (χ1n) is 6.01. The predicted octanol–water partition coefficient (Wildman–Crippen LogP) is 4.90. The second-order valence-electron chi connectivity index (χ2n) is 4.65. The van der Waals surface area contributed by atoms with Gasteiger partial charge in [-0.2, -0.15) is 0 Å². The zero-order valence-electron chi connectivity index (χ0n) is 9.73. The number of thiophene rings is 1. The summed E-state index contributed by atoms with van der Waals surface area (Å²) in [6.45, 7) is 2.16. The molecule has 3 atom stereocenters. The molecule has 1 aromatic carbocycles. The van der Waals surface area contributed by atoms with Gasteiger partial charge < -0.3 is 4.74 Å². The van der Waals surface area contributed by atoms with E-state index in [-0.39, 0.29) is 0 Å². The summed E-state index contributed by atoms with van der Waals surface area (Å²) in [5.41, 5.74) is 1.38. The Morgan fingerprint density at radius 3 is 2.94 bits per heavy atom. The Balaban J connectivity index is 1.93. The van der Waals surface area contributed by atoms with Crippen molar-refractivity contribution in [2.45, 2.75) is 36.8 Å². The number of ether oxygens (including phenoxy) is 1. The molecule has 1 saturated heterocycles. The third-order valence-electron chi connectivity index (χ3n) is 3.40. The van der Waals surface area contributed by atoms with E-state index in [1.807, 2.05) is 11.3 Å². The van der Waals surface area contributed by atoms with Crippen molar-refractivity contribution in [2.24, 2.45) is 0 Å². The molecule has 0 N–H and O–H groups in total. The van der Waals surface area contributed by atoms with Gasteiger partial charge >= 0.3 is 0 Å². The van der Waals surface area contributed by atoms with Crippen LogP contribution in [-0.4, -0.2) is 12.2 Å². The van der Waals surface area contributed by atoms with Crippen molar-refractivity contribution in [1.29, 1.82) is 0 Å². The molecule has 3 unspecified atom stereocenters. The fourth-order valence-corrected chi connectivity index (χ4v) is 4.40. The van der Waals surface area contributed by atoms with Crippen LogP contribution in [0.1, 0.15) is 30.2 Å². The van der Waals surface area contributed by atoms with Gasteiger partial charge in [0, 0.05) is 4.70 Å². The van der Waals surface area contributed by atoms with Crippen molar-refractivity contribution in [2.75, 3.05) is 0 Å². The van der Waals surface area contributed by atoms with Crippen LogP contribution in [0.2, 0.25) is 0 Å². The minimum Gasteiger partial charge on any atom is -0.374 e. The van der Waals surface area contributed by atoms with E-state index >= 15 is 0 Å². The van der Waals surface area contributed by atoms with Crippen molar-refractivity contribution >= 4 is 37.4 Å². The van der Waals surface area contributed by atoms with Crippen LogP contribution in [0.3, 0.4) is 0 Å². The first-order chi connectivity index (χ1) is 8.25. The highest BCUT2D eigenvalue weighted by Gasteiger charge is 2.30. The first kappa shape index (κ1) is 11.7. The average Bonchev–Trinajstić information content (AvgIpc) is 2.94. The highest BCUT2D eigenvalue weighted by molar-refractivity contribution is 9.09. The number of rotatable bonds is 2. The van der Waals surface area contributed by atoms with Crippen molar-refractivity contribution in [1.82, 2.24) is 0 Å². The number of benzene rings is 1. The van der Waals surface area contributed by atoms with Gasteiger partial charge in [-0.25, -0.2) is 0 Å². The number of hydrogen-bond donors (Lipinski definition) is 0. The van der Waals surface area contributed by atoms with Crippen molar-refractivity contribution in [3.8, 4) is 0 Å². The minimum absolute atomic E-state index is 0.322. The minimum atomic E-state index is 0.322. The Bertz CT molecular complexity index is 522. The molecule has 3 rings (SSSR count). The maximum Gasteiger partial charge on any atom is 0.0746 e. The quantitative estimate of drug-likeness (QED) is 0.716. The molecule has 0 saturated carbocycles. The highest BCUT2D eigenvalue weighted by atomic mass is 79.9. The van der Waals surface area contributed by atoms with Gasteiger partial charge in [-0.05, 0) is 42.2 Å². The third-order valence-corrected chi connectivity index (χ3v) is 5.46. The molecule has 1 aromatic heterocycles. The smallest absolute Gasteiger partial charge is 0.0746 e. The van der Waals surface area contributed by atoms with E-state index in [0.29, 0.717) is 17.0 Å². The molecule has 0 bridgehead atoms. The second kappa shape index (κ2) is 4.71. The molecule has 1 aliphatic rings. The topological polar surface area (TPSA) is 9.23 Å². The lowest BCUT2D eigenvalue weighted by atomic mass is 10.0. The maximum absolute atomic E-state index is 5.95. The molecule has 0 amide bonds. The largest absolute Gasteiger partial charge is 0.374 e. The van der Waals surface area contributed by atoms with Crippen LogP contribution in [0, 0.1) is 0 Å². The van der Waals surface area contributed by atoms with Crippen LogP contribution in [0.15, 0.2) is 29.6 Å². The van der Waals surface area contributed by atoms with Crippen LogP contribution in [0.25, 0.3) is 10.1 Å².